The molecule has 0 aliphatic heterocycles. The highest BCUT2D eigenvalue weighted by molar-refractivity contribution is 7.22. The molecule has 0 radical (unpaired) electrons. The van der Waals surface area contributed by atoms with Crippen LogP contribution in [0, 0.1) is 0 Å². The Kier molecular flexibility index (Phi) is 2.79. The van der Waals surface area contributed by atoms with Crippen molar-refractivity contribution in [1.29, 1.82) is 0 Å². The first kappa shape index (κ1) is 11.3. The van der Waals surface area contributed by atoms with E-state index < -0.39 is 0 Å². The van der Waals surface area contributed by atoms with Gasteiger partial charge < -0.3 is 10.1 Å². The van der Waals surface area contributed by atoms with Crippen LogP contribution in [0.1, 0.15) is 12.8 Å². The van der Waals surface area contributed by atoms with Gasteiger partial charge in [-0.3, -0.25) is 5.32 Å². The Morgan fingerprint density at radius 1 is 1.50 bits per heavy atom. The fraction of sp³-hybridized carbons (Fsp3) is 0.333. The molecular formula is C12H13N3O2S. The van der Waals surface area contributed by atoms with Crippen molar-refractivity contribution in [3.8, 4) is 5.75 Å². The van der Waals surface area contributed by atoms with Crippen LogP contribution in [-0.2, 0) is 0 Å². The van der Waals surface area contributed by atoms with Gasteiger partial charge in [0, 0.05) is 6.04 Å². The fourth-order valence-electron chi connectivity index (χ4n) is 1.63. The number of nitrogens with zero attached hydrogens (tertiary/aromatic N) is 1. The van der Waals surface area contributed by atoms with Crippen molar-refractivity contribution in [2.45, 2.75) is 18.9 Å². The molecule has 6 heteroatoms. The van der Waals surface area contributed by atoms with Gasteiger partial charge in [0.15, 0.2) is 5.13 Å². The van der Waals surface area contributed by atoms with Gasteiger partial charge in [0.05, 0.1) is 17.3 Å². The van der Waals surface area contributed by atoms with Crippen molar-refractivity contribution in [1.82, 2.24) is 10.3 Å². The maximum atomic E-state index is 11.6. The number of carbonyl (C=O) groups excluding carboxylic acids is 1. The van der Waals surface area contributed by atoms with E-state index in [1.807, 2.05) is 18.2 Å². The number of amides is 2. The summed E-state index contributed by atoms with van der Waals surface area (Å²) in [4.78, 5) is 15.9. The highest BCUT2D eigenvalue weighted by Crippen LogP contribution is 2.29. The third-order valence-electron chi connectivity index (χ3n) is 2.73. The largest absolute Gasteiger partial charge is 0.497 e. The summed E-state index contributed by atoms with van der Waals surface area (Å²) in [5.41, 5.74) is 0.863. The molecule has 5 nitrogen and oxygen atoms in total. The molecule has 1 aliphatic carbocycles. The van der Waals surface area contributed by atoms with Crippen LogP contribution in [0.5, 0.6) is 5.75 Å². The van der Waals surface area contributed by atoms with E-state index in [2.05, 4.69) is 15.6 Å². The van der Waals surface area contributed by atoms with E-state index in [0.717, 1.165) is 28.8 Å². The van der Waals surface area contributed by atoms with Crippen molar-refractivity contribution in [3.63, 3.8) is 0 Å². The number of rotatable bonds is 3. The molecule has 0 bridgehead atoms. The lowest BCUT2D eigenvalue weighted by atomic mass is 10.3. The van der Waals surface area contributed by atoms with Crippen molar-refractivity contribution in [2.24, 2.45) is 0 Å². The lowest BCUT2D eigenvalue weighted by molar-refractivity contribution is 0.251. The number of carbonyl (C=O) groups is 1. The van der Waals surface area contributed by atoms with E-state index in [1.165, 1.54) is 11.3 Å². The summed E-state index contributed by atoms with van der Waals surface area (Å²) < 4.78 is 6.15. The van der Waals surface area contributed by atoms with Gasteiger partial charge >= 0.3 is 6.03 Å². The van der Waals surface area contributed by atoms with Gasteiger partial charge in [-0.2, -0.15) is 0 Å². The van der Waals surface area contributed by atoms with Crippen molar-refractivity contribution in [2.75, 3.05) is 12.4 Å². The van der Waals surface area contributed by atoms with Gasteiger partial charge in [0.1, 0.15) is 5.75 Å². The second-order valence-corrected chi connectivity index (χ2v) is 5.26. The van der Waals surface area contributed by atoms with Crippen molar-refractivity contribution < 1.29 is 9.53 Å². The number of hydrogen-bond acceptors (Lipinski definition) is 4. The number of anilines is 1. The molecule has 1 aliphatic rings. The molecule has 1 aromatic carbocycles. The summed E-state index contributed by atoms with van der Waals surface area (Å²) in [6, 6.07) is 5.82. The topological polar surface area (TPSA) is 63.2 Å². The number of ether oxygens (including phenoxy) is 1. The maximum Gasteiger partial charge on any atom is 0.321 e. The van der Waals surface area contributed by atoms with E-state index in [-0.39, 0.29) is 6.03 Å². The fourth-order valence-corrected chi connectivity index (χ4v) is 2.52. The molecule has 1 saturated carbocycles. The summed E-state index contributed by atoms with van der Waals surface area (Å²) in [6.45, 7) is 0. The number of aromatic nitrogens is 1. The SMILES string of the molecule is COc1ccc2nc(NC(=O)NC3CC3)sc2c1. The number of thiazole rings is 1. The summed E-state index contributed by atoms with van der Waals surface area (Å²) >= 11 is 1.44. The molecule has 0 atom stereocenters. The van der Waals surface area contributed by atoms with Crippen LogP contribution in [0.3, 0.4) is 0 Å². The van der Waals surface area contributed by atoms with Gasteiger partial charge in [-0.25, -0.2) is 9.78 Å². The number of benzene rings is 1. The maximum absolute atomic E-state index is 11.6. The first-order valence-electron chi connectivity index (χ1n) is 5.77. The highest BCUT2D eigenvalue weighted by Gasteiger charge is 2.23. The van der Waals surface area contributed by atoms with Gasteiger partial charge in [-0.1, -0.05) is 11.3 Å². The molecule has 18 heavy (non-hydrogen) atoms. The van der Waals surface area contributed by atoms with Crippen LogP contribution in [-0.4, -0.2) is 24.2 Å². The van der Waals surface area contributed by atoms with Crippen molar-refractivity contribution in [3.05, 3.63) is 18.2 Å². The lowest BCUT2D eigenvalue weighted by Gasteiger charge is -2.01. The average Bonchev–Trinajstić information content (AvgIpc) is 3.06. The third kappa shape index (κ3) is 2.38. The zero-order valence-corrected chi connectivity index (χ0v) is 10.7. The second kappa shape index (κ2) is 4.45. The Labute approximate surface area is 108 Å². The predicted molar refractivity (Wildman–Crippen MR) is 71.3 cm³/mol. The molecule has 1 heterocycles. The Balaban J connectivity index is 1.77. The third-order valence-corrected chi connectivity index (χ3v) is 3.66. The molecule has 0 spiro atoms. The van der Waals surface area contributed by atoms with E-state index in [0.29, 0.717) is 11.2 Å². The zero-order chi connectivity index (χ0) is 12.5. The zero-order valence-electron chi connectivity index (χ0n) is 9.90. The van der Waals surface area contributed by atoms with E-state index >= 15 is 0 Å². The van der Waals surface area contributed by atoms with Crippen LogP contribution in [0.25, 0.3) is 10.2 Å². The number of hydrogen-bond donors (Lipinski definition) is 2. The molecule has 2 N–H and O–H groups in total. The summed E-state index contributed by atoms with van der Waals surface area (Å²) in [5.74, 6) is 0.792. The van der Waals surface area contributed by atoms with E-state index in [9.17, 15) is 4.79 Å². The lowest BCUT2D eigenvalue weighted by Crippen LogP contribution is -2.30. The van der Waals surface area contributed by atoms with Crippen LogP contribution < -0.4 is 15.4 Å². The Morgan fingerprint density at radius 2 is 2.33 bits per heavy atom. The van der Waals surface area contributed by atoms with E-state index in [4.69, 9.17) is 4.74 Å². The van der Waals surface area contributed by atoms with Gasteiger partial charge in [-0.15, -0.1) is 0 Å². The van der Waals surface area contributed by atoms with Crippen LogP contribution in [0.2, 0.25) is 0 Å². The first-order chi connectivity index (χ1) is 8.74. The standard InChI is InChI=1S/C12H13N3O2S/c1-17-8-4-5-9-10(6-8)18-12(14-9)15-11(16)13-7-2-3-7/h4-7H,2-3H2,1H3,(H2,13,14,15,16). The predicted octanol–water partition coefficient (Wildman–Crippen LogP) is 2.59. The highest BCUT2D eigenvalue weighted by atomic mass is 32.1. The minimum Gasteiger partial charge on any atom is -0.497 e. The number of urea groups is 1. The first-order valence-corrected chi connectivity index (χ1v) is 6.58. The molecule has 2 amide bonds. The molecule has 1 fully saturated rings. The second-order valence-electron chi connectivity index (χ2n) is 4.23. The van der Waals surface area contributed by atoms with Crippen LogP contribution >= 0.6 is 11.3 Å². The van der Waals surface area contributed by atoms with Crippen molar-refractivity contribution >= 4 is 32.7 Å². The molecule has 0 unspecified atom stereocenters. The van der Waals surface area contributed by atoms with Crippen LogP contribution in [0.15, 0.2) is 18.2 Å². The Morgan fingerprint density at radius 3 is 3.06 bits per heavy atom. The molecule has 1 aromatic heterocycles. The average molecular weight is 263 g/mol. The van der Waals surface area contributed by atoms with Gasteiger partial charge in [-0.05, 0) is 31.0 Å². The summed E-state index contributed by atoms with van der Waals surface area (Å²) in [6.07, 6.45) is 2.15. The monoisotopic (exact) mass is 263 g/mol. The quantitative estimate of drug-likeness (QED) is 0.894. The number of nitrogens with one attached hydrogen (secondary N) is 2. The van der Waals surface area contributed by atoms with Gasteiger partial charge in [0.25, 0.3) is 0 Å². The molecule has 2 aromatic rings. The van der Waals surface area contributed by atoms with E-state index in [1.54, 1.807) is 7.11 Å². The normalized spacial score (nSPS) is 14.5. The molecule has 3 rings (SSSR count). The van der Waals surface area contributed by atoms with Gasteiger partial charge in [0.2, 0.25) is 0 Å². The summed E-state index contributed by atoms with van der Waals surface area (Å²) in [5, 5.41) is 6.23. The molecular weight excluding hydrogens is 250 g/mol. The van der Waals surface area contributed by atoms with Crippen LogP contribution in [0.4, 0.5) is 9.93 Å². The minimum atomic E-state index is -0.177. The number of fused-ring (bicyclic) bond motifs is 1. The summed E-state index contributed by atoms with van der Waals surface area (Å²) in [7, 11) is 1.63. The Bertz CT molecular complexity index is 592. The molecule has 94 valence electrons. The Hall–Kier alpha value is -1.82. The number of methoxy groups -OCH3 is 1. The molecule has 0 saturated heterocycles. The minimum absolute atomic E-state index is 0.177. The smallest absolute Gasteiger partial charge is 0.321 e.